The lowest BCUT2D eigenvalue weighted by Gasteiger charge is -2.28. The Bertz CT molecular complexity index is 1660. The third-order valence-electron chi connectivity index (χ3n) is 7.33. The first kappa shape index (κ1) is 19.2. The van der Waals surface area contributed by atoms with Crippen molar-refractivity contribution in [1.82, 2.24) is 0 Å². The van der Waals surface area contributed by atoms with E-state index in [1.807, 2.05) is 12.1 Å². The van der Waals surface area contributed by atoms with Gasteiger partial charge in [-0.1, -0.05) is 78.9 Å². The zero-order valence-corrected chi connectivity index (χ0v) is 18.9. The van der Waals surface area contributed by atoms with Crippen LogP contribution in [0.15, 0.2) is 120 Å². The zero-order chi connectivity index (χ0) is 22.7. The van der Waals surface area contributed by atoms with Gasteiger partial charge in [-0.3, -0.25) is 0 Å². The summed E-state index contributed by atoms with van der Waals surface area (Å²) in [5, 5.41) is 5.90. The first-order valence-corrected chi connectivity index (χ1v) is 11.7. The Morgan fingerprint density at radius 3 is 2.00 bits per heavy atom. The maximum absolute atomic E-state index is 6.09. The van der Waals surface area contributed by atoms with Gasteiger partial charge in [0, 0.05) is 33.6 Å². The Labute approximate surface area is 198 Å². The number of anilines is 2. The molecule has 2 heteroatoms. The van der Waals surface area contributed by atoms with Gasteiger partial charge in [0.1, 0.15) is 11.2 Å². The molecule has 2 nitrogen and oxygen atoms in total. The second kappa shape index (κ2) is 7.10. The fourth-order valence-corrected chi connectivity index (χ4v) is 5.64. The van der Waals surface area contributed by atoms with Gasteiger partial charge >= 0.3 is 0 Å². The molecular formula is C32H23NO. The van der Waals surface area contributed by atoms with Crippen LogP contribution in [0.1, 0.15) is 23.6 Å². The van der Waals surface area contributed by atoms with Crippen LogP contribution in [0.25, 0.3) is 33.1 Å². The van der Waals surface area contributed by atoms with Crippen molar-refractivity contribution in [3.8, 4) is 11.1 Å². The Hall–Kier alpha value is -4.30. The minimum atomic E-state index is -0.201. The predicted octanol–water partition coefficient (Wildman–Crippen LogP) is 8.66. The van der Waals surface area contributed by atoms with E-state index in [0.29, 0.717) is 0 Å². The summed E-state index contributed by atoms with van der Waals surface area (Å²) < 4.78 is 6.09. The van der Waals surface area contributed by atoms with Gasteiger partial charge in [-0.2, -0.15) is 0 Å². The molecular weight excluding hydrogens is 414 g/mol. The van der Waals surface area contributed by atoms with Crippen molar-refractivity contribution >= 4 is 33.3 Å². The Morgan fingerprint density at radius 2 is 1.21 bits per heavy atom. The molecule has 1 heterocycles. The van der Waals surface area contributed by atoms with Crippen molar-refractivity contribution in [2.24, 2.45) is 0 Å². The molecule has 0 saturated heterocycles. The average Bonchev–Trinajstić information content (AvgIpc) is 3.38. The van der Waals surface area contributed by atoms with Crippen molar-refractivity contribution in [1.29, 1.82) is 0 Å². The van der Waals surface area contributed by atoms with Crippen LogP contribution in [0.2, 0.25) is 0 Å². The fraction of sp³-hybridized carbons (Fsp3) is 0.0625. The van der Waals surface area contributed by atoms with E-state index >= 15 is 0 Å². The van der Waals surface area contributed by atoms with Crippen molar-refractivity contribution in [2.75, 3.05) is 5.32 Å². The second-order valence-corrected chi connectivity index (χ2v) is 9.23. The molecule has 0 spiro atoms. The topological polar surface area (TPSA) is 25.2 Å². The molecule has 1 aromatic heterocycles. The summed E-state index contributed by atoms with van der Waals surface area (Å²) >= 11 is 0. The lowest BCUT2D eigenvalue weighted by molar-refractivity contribution is 0.669. The van der Waals surface area contributed by atoms with E-state index in [4.69, 9.17) is 4.42 Å². The highest BCUT2D eigenvalue weighted by Crippen LogP contribution is 2.52. The summed E-state index contributed by atoms with van der Waals surface area (Å²) in [6.45, 7) is 2.34. The molecule has 7 rings (SSSR count). The van der Waals surface area contributed by atoms with Crippen molar-refractivity contribution in [2.45, 2.75) is 12.3 Å². The molecule has 0 fully saturated rings. The molecule has 0 aliphatic heterocycles. The van der Waals surface area contributed by atoms with Crippen LogP contribution in [0, 0.1) is 0 Å². The number of para-hydroxylation sites is 1. The minimum absolute atomic E-state index is 0.201. The van der Waals surface area contributed by atoms with Crippen LogP contribution < -0.4 is 5.32 Å². The SMILES string of the molecule is CC1(c2cccc(Nc3ccc4c(c3)oc3ccccc34)c2)c2ccccc2-c2ccccc21. The van der Waals surface area contributed by atoms with Crippen molar-refractivity contribution in [3.63, 3.8) is 0 Å². The maximum Gasteiger partial charge on any atom is 0.137 e. The molecule has 0 bridgehead atoms. The Morgan fingerprint density at radius 1 is 0.559 bits per heavy atom. The third kappa shape index (κ3) is 2.69. The van der Waals surface area contributed by atoms with Gasteiger partial charge in [0.2, 0.25) is 0 Å². The highest BCUT2D eigenvalue weighted by Gasteiger charge is 2.40. The monoisotopic (exact) mass is 437 g/mol. The first-order chi connectivity index (χ1) is 16.7. The molecule has 1 aliphatic rings. The quantitative estimate of drug-likeness (QED) is 0.300. The van der Waals surface area contributed by atoms with Gasteiger partial charge in [0.05, 0.1) is 0 Å². The van der Waals surface area contributed by atoms with E-state index in [9.17, 15) is 0 Å². The fourth-order valence-electron chi connectivity index (χ4n) is 5.64. The predicted molar refractivity (Wildman–Crippen MR) is 141 cm³/mol. The number of rotatable bonds is 3. The lowest BCUT2D eigenvalue weighted by atomic mass is 9.74. The molecule has 0 atom stereocenters. The molecule has 1 aliphatic carbocycles. The van der Waals surface area contributed by atoms with Gasteiger partial charge in [0.25, 0.3) is 0 Å². The van der Waals surface area contributed by atoms with Crippen molar-refractivity contribution < 1.29 is 4.42 Å². The van der Waals surface area contributed by atoms with Crippen LogP contribution in [0.4, 0.5) is 11.4 Å². The normalized spacial score (nSPS) is 13.7. The molecule has 0 saturated carbocycles. The lowest BCUT2D eigenvalue weighted by Crippen LogP contribution is -2.22. The van der Waals surface area contributed by atoms with Gasteiger partial charge < -0.3 is 9.73 Å². The summed E-state index contributed by atoms with van der Waals surface area (Å²) in [7, 11) is 0. The van der Waals surface area contributed by atoms with E-state index in [-0.39, 0.29) is 5.41 Å². The van der Waals surface area contributed by atoms with Crippen LogP contribution in [-0.4, -0.2) is 0 Å². The maximum atomic E-state index is 6.09. The number of fused-ring (bicyclic) bond motifs is 6. The third-order valence-corrected chi connectivity index (χ3v) is 7.33. The molecule has 5 aromatic carbocycles. The molecule has 1 N–H and O–H groups in total. The number of benzene rings is 5. The van der Waals surface area contributed by atoms with Crippen LogP contribution in [0.3, 0.4) is 0 Å². The molecule has 0 radical (unpaired) electrons. The standard InChI is InChI=1S/C32H23NO/c1-32(28-14-5-2-11-24(28)25-12-3-6-15-29(25)32)21-9-8-10-22(19-21)33-23-17-18-27-26-13-4-7-16-30(26)34-31(27)20-23/h2-20,33H,1H3. The summed E-state index contributed by atoms with van der Waals surface area (Å²) in [6, 6.07) is 40.9. The molecule has 6 aromatic rings. The average molecular weight is 438 g/mol. The molecule has 162 valence electrons. The zero-order valence-electron chi connectivity index (χ0n) is 18.9. The van der Waals surface area contributed by atoms with Gasteiger partial charge in [0.15, 0.2) is 0 Å². The smallest absolute Gasteiger partial charge is 0.137 e. The van der Waals surface area contributed by atoms with E-state index in [2.05, 4.69) is 115 Å². The van der Waals surface area contributed by atoms with Gasteiger partial charge in [-0.25, -0.2) is 0 Å². The Kier molecular flexibility index (Phi) is 4.01. The molecule has 0 unspecified atom stereocenters. The van der Waals surface area contributed by atoms with Crippen LogP contribution >= 0.6 is 0 Å². The Balaban J connectivity index is 1.30. The second-order valence-electron chi connectivity index (χ2n) is 9.23. The largest absolute Gasteiger partial charge is 0.456 e. The van der Waals surface area contributed by atoms with E-state index in [1.165, 1.54) is 27.8 Å². The molecule has 34 heavy (non-hydrogen) atoms. The van der Waals surface area contributed by atoms with E-state index < -0.39 is 0 Å². The number of hydrogen-bond acceptors (Lipinski definition) is 2. The molecule has 0 amide bonds. The highest BCUT2D eigenvalue weighted by molar-refractivity contribution is 6.05. The van der Waals surface area contributed by atoms with Gasteiger partial charge in [-0.05, 0) is 65.1 Å². The van der Waals surface area contributed by atoms with Crippen LogP contribution in [0.5, 0.6) is 0 Å². The highest BCUT2D eigenvalue weighted by atomic mass is 16.3. The summed E-state index contributed by atoms with van der Waals surface area (Å²) in [5.41, 5.74) is 10.3. The van der Waals surface area contributed by atoms with Crippen LogP contribution in [-0.2, 0) is 5.41 Å². The summed E-state index contributed by atoms with van der Waals surface area (Å²) in [5.74, 6) is 0. The number of furan rings is 1. The summed E-state index contributed by atoms with van der Waals surface area (Å²) in [6.07, 6.45) is 0. The summed E-state index contributed by atoms with van der Waals surface area (Å²) in [4.78, 5) is 0. The minimum Gasteiger partial charge on any atom is -0.456 e. The van der Waals surface area contributed by atoms with E-state index in [0.717, 1.165) is 33.3 Å². The number of nitrogens with one attached hydrogen (secondary N) is 1. The first-order valence-electron chi connectivity index (χ1n) is 11.7. The van der Waals surface area contributed by atoms with E-state index in [1.54, 1.807) is 0 Å². The van der Waals surface area contributed by atoms with Crippen molar-refractivity contribution in [3.05, 3.63) is 132 Å². The number of hydrogen-bond donors (Lipinski definition) is 1. The van der Waals surface area contributed by atoms with Gasteiger partial charge in [-0.15, -0.1) is 0 Å².